The Hall–Kier alpha value is -1.98. The van der Waals surface area contributed by atoms with E-state index in [-0.39, 0.29) is 13.0 Å². The molecule has 1 aromatic heterocycles. The van der Waals surface area contributed by atoms with Gasteiger partial charge in [-0.25, -0.2) is 0 Å². The van der Waals surface area contributed by atoms with Gasteiger partial charge in [0.25, 0.3) is 7.41 Å². The normalized spacial score (nSPS) is 11.1. The van der Waals surface area contributed by atoms with Crippen LogP contribution in [0, 0.1) is 0 Å². The molecule has 0 aliphatic rings. The van der Waals surface area contributed by atoms with Crippen molar-refractivity contribution in [1.82, 2.24) is 15.7 Å². The Kier molecular flexibility index (Phi) is 4.66. The topological polar surface area (TPSA) is 54.0 Å². The maximum Gasteiger partial charge on any atom is 0.292 e. The molecule has 0 aliphatic heterocycles. The molecule has 0 atom stereocenters. The molecule has 0 saturated heterocycles. The number of hydrazine groups is 1. The Morgan fingerprint density at radius 3 is 2.50 bits per heavy atom. The van der Waals surface area contributed by atoms with E-state index in [4.69, 9.17) is 0 Å². The van der Waals surface area contributed by atoms with E-state index in [0.29, 0.717) is 0 Å². The number of hydrogen-bond donors (Lipinski definition) is 2. The fourth-order valence-electron chi connectivity index (χ4n) is 1.98. The summed E-state index contributed by atoms with van der Waals surface area (Å²) in [6, 6.07) is 14.1. The SMILES string of the molecule is CC(C)(NNBC=O)c1ccc(-c2ccccn2)cc1. The molecule has 0 amide bonds. The van der Waals surface area contributed by atoms with Gasteiger partial charge >= 0.3 is 0 Å². The van der Waals surface area contributed by atoms with Gasteiger partial charge in [0.15, 0.2) is 0 Å². The van der Waals surface area contributed by atoms with E-state index in [1.165, 1.54) is 0 Å². The van der Waals surface area contributed by atoms with Crippen LogP contribution < -0.4 is 10.8 Å². The lowest BCUT2D eigenvalue weighted by Gasteiger charge is -2.27. The van der Waals surface area contributed by atoms with Crippen molar-refractivity contribution in [2.45, 2.75) is 19.4 Å². The molecule has 20 heavy (non-hydrogen) atoms. The van der Waals surface area contributed by atoms with Gasteiger partial charge < -0.3 is 4.79 Å². The third kappa shape index (κ3) is 3.53. The highest BCUT2D eigenvalue weighted by atomic mass is 16.1. The molecule has 5 heteroatoms. The first-order valence-electron chi connectivity index (χ1n) is 6.59. The van der Waals surface area contributed by atoms with E-state index in [1.54, 1.807) is 6.20 Å². The van der Waals surface area contributed by atoms with Crippen LogP contribution in [0.3, 0.4) is 0 Å². The number of nitrogens with one attached hydrogen (secondary N) is 2. The summed E-state index contributed by atoms with van der Waals surface area (Å²) in [5.41, 5.74) is 6.07. The van der Waals surface area contributed by atoms with E-state index in [0.717, 1.165) is 23.0 Å². The van der Waals surface area contributed by atoms with Gasteiger partial charge in [0.2, 0.25) is 0 Å². The van der Waals surface area contributed by atoms with Crippen molar-refractivity contribution in [3.8, 4) is 11.3 Å². The molecule has 0 spiro atoms. The van der Waals surface area contributed by atoms with Crippen molar-refractivity contribution in [3.63, 3.8) is 0 Å². The molecule has 1 aromatic carbocycles. The molecule has 0 radical (unpaired) electrons. The molecule has 0 fully saturated rings. The van der Waals surface area contributed by atoms with E-state index in [2.05, 4.69) is 53.9 Å². The first-order chi connectivity index (χ1) is 9.63. The average Bonchev–Trinajstić information content (AvgIpc) is 2.48. The van der Waals surface area contributed by atoms with Gasteiger partial charge in [-0.3, -0.25) is 15.7 Å². The molecule has 2 rings (SSSR count). The van der Waals surface area contributed by atoms with Gasteiger partial charge in [0.1, 0.15) is 0 Å². The molecule has 2 aromatic rings. The summed E-state index contributed by atoms with van der Waals surface area (Å²) in [4.78, 5) is 14.7. The van der Waals surface area contributed by atoms with E-state index in [1.807, 2.05) is 18.2 Å². The lowest BCUT2D eigenvalue weighted by molar-refractivity contribution is 0.388. The summed E-state index contributed by atoms with van der Waals surface area (Å²) >= 11 is 0. The van der Waals surface area contributed by atoms with Crippen LogP contribution in [0.2, 0.25) is 0 Å². The minimum atomic E-state index is -0.258. The molecular formula is C15H18BN3O. The van der Waals surface area contributed by atoms with E-state index in [9.17, 15) is 4.79 Å². The molecule has 1 heterocycles. The summed E-state index contributed by atoms with van der Waals surface area (Å²) in [6.07, 6.45) is 2.62. The fraction of sp³-hybridized carbons (Fsp3) is 0.200. The smallest absolute Gasteiger partial charge is 0.292 e. The van der Waals surface area contributed by atoms with Crippen LogP contribution in [0.1, 0.15) is 19.4 Å². The van der Waals surface area contributed by atoms with Crippen LogP contribution in [-0.4, -0.2) is 18.6 Å². The minimum Gasteiger partial charge on any atom is -0.313 e. The zero-order valence-electron chi connectivity index (χ0n) is 11.8. The van der Waals surface area contributed by atoms with Gasteiger partial charge in [0, 0.05) is 11.8 Å². The molecular weight excluding hydrogens is 249 g/mol. The predicted molar refractivity (Wildman–Crippen MR) is 82.9 cm³/mol. The highest BCUT2D eigenvalue weighted by Gasteiger charge is 2.19. The van der Waals surface area contributed by atoms with Gasteiger partial charge in [-0.2, -0.15) is 0 Å². The van der Waals surface area contributed by atoms with Crippen LogP contribution in [0.5, 0.6) is 0 Å². The van der Waals surface area contributed by atoms with Crippen LogP contribution in [-0.2, 0) is 10.3 Å². The Bertz CT molecular complexity index is 555. The third-order valence-corrected chi connectivity index (χ3v) is 3.15. The maximum absolute atomic E-state index is 10.3. The van der Waals surface area contributed by atoms with Crippen molar-refractivity contribution in [1.29, 1.82) is 0 Å². The number of carbonyl (C=O) groups excluding carboxylic acids is 1. The number of carbonyl (C=O) groups is 1. The highest BCUT2D eigenvalue weighted by Crippen LogP contribution is 2.23. The van der Waals surface area contributed by atoms with Gasteiger partial charge in [-0.1, -0.05) is 30.3 Å². The Balaban J connectivity index is 2.13. The Morgan fingerprint density at radius 1 is 1.15 bits per heavy atom. The quantitative estimate of drug-likeness (QED) is 0.361. The average molecular weight is 267 g/mol. The van der Waals surface area contributed by atoms with Gasteiger partial charge in [-0.15, -0.1) is 0 Å². The molecule has 4 nitrogen and oxygen atoms in total. The lowest BCUT2D eigenvalue weighted by Crippen LogP contribution is -2.48. The van der Waals surface area contributed by atoms with Gasteiger partial charge in [-0.05, 0) is 31.5 Å². The van der Waals surface area contributed by atoms with Crippen molar-refractivity contribution < 1.29 is 4.79 Å². The van der Waals surface area contributed by atoms with Crippen LogP contribution >= 0.6 is 0 Å². The number of benzene rings is 1. The molecule has 0 unspecified atom stereocenters. The second-order valence-electron chi connectivity index (χ2n) is 5.09. The number of nitrogens with zero attached hydrogens (tertiary/aromatic N) is 1. The summed E-state index contributed by atoms with van der Waals surface area (Å²) in [5.74, 6) is 0. The van der Waals surface area contributed by atoms with Crippen molar-refractivity contribution in [2.75, 3.05) is 0 Å². The van der Waals surface area contributed by atoms with E-state index >= 15 is 0 Å². The first-order valence-corrected chi connectivity index (χ1v) is 6.59. The summed E-state index contributed by atoms with van der Waals surface area (Å²) in [7, 11) is 0.287. The van der Waals surface area contributed by atoms with Crippen LogP contribution in [0.15, 0.2) is 48.7 Å². The standard InChI is InChI=1S/C15H18BN3O/c1-15(2,18-19-16-11-20)13-8-6-12(7-9-13)14-5-3-4-10-17-14/h3-11,16,18-19H,1-2H3. The van der Waals surface area contributed by atoms with Gasteiger partial charge in [0.05, 0.1) is 17.4 Å². The summed E-state index contributed by atoms with van der Waals surface area (Å²) in [6.45, 7) is 4.11. The second-order valence-corrected chi connectivity index (χ2v) is 5.09. The Labute approximate surface area is 119 Å². The number of aromatic nitrogens is 1. The number of hydrogen-bond acceptors (Lipinski definition) is 4. The molecule has 0 saturated carbocycles. The van der Waals surface area contributed by atoms with E-state index < -0.39 is 0 Å². The second kappa shape index (κ2) is 6.46. The highest BCUT2D eigenvalue weighted by molar-refractivity contribution is 6.64. The maximum atomic E-state index is 10.3. The molecule has 0 bridgehead atoms. The minimum absolute atomic E-state index is 0.258. The monoisotopic (exact) mass is 267 g/mol. The first kappa shape index (κ1) is 14.4. The third-order valence-electron chi connectivity index (χ3n) is 3.15. The van der Waals surface area contributed by atoms with Crippen molar-refractivity contribution in [2.24, 2.45) is 0 Å². The zero-order chi connectivity index (χ0) is 14.4. The molecule has 102 valence electrons. The van der Waals surface area contributed by atoms with Crippen LogP contribution in [0.25, 0.3) is 11.3 Å². The predicted octanol–water partition coefficient (Wildman–Crippen LogP) is 1.62. The molecule has 0 aliphatic carbocycles. The Morgan fingerprint density at radius 2 is 1.90 bits per heavy atom. The lowest BCUT2D eigenvalue weighted by atomic mass is 9.93. The zero-order valence-corrected chi connectivity index (χ0v) is 11.8. The largest absolute Gasteiger partial charge is 0.313 e. The van der Waals surface area contributed by atoms with Crippen molar-refractivity contribution in [3.05, 3.63) is 54.2 Å². The number of pyridine rings is 1. The van der Waals surface area contributed by atoms with Crippen LogP contribution in [0.4, 0.5) is 0 Å². The summed E-state index contributed by atoms with van der Waals surface area (Å²) < 4.78 is 0. The fourth-order valence-corrected chi connectivity index (χ4v) is 1.98. The number of rotatable bonds is 6. The summed E-state index contributed by atoms with van der Waals surface area (Å²) in [5, 5.41) is 2.89. The van der Waals surface area contributed by atoms with Crippen molar-refractivity contribution >= 4 is 13.6 Å². The molecule has 2 N–H and O–H groups in total.